The highest BCUT2D eigenvalue weighted by molar-refractivity contribution is 7.66. The molecule has 2 aromatic rings. The van der Waals surface area contributed by atoms with Crippen molar-refractivity contribution >= 4 is 40.4 Å². The Labute approximate surface area is 188 Å². The lowest BCUT2D eigenvalue weighted by Gasteiger charge is -2.19. The first kappa shape index (κ1) is 32.5. The molecule has 3 rings (SSSR count). The summed E-state index contributed by atoms with van der Waals surface area (Å²) in [5.41, 5.74) is 6.00. The average molecular weight is 561 g/mol. The van der Waals surface area contributed by atoms with Crippen LogP contribution in [0.1, 0.15) is 6.23 Å². The number of fused-ring (bicyclic) bond motifs is 1. The Hall–Kier alpha value is -1.48. The number of nitrogen functional groups attached to an aromatic ring is 1. The predicted octanol–water partition coefficient (Wildman–Crippen LogP) is -4.10. The van der Waals surface area contributed by atoms with Gasteiger partial charge in [-0.15, -0.1) is 0 Å². The van der Waals surface area contributed by atoms with Crippen molar-refractivity contribution in [2.45, 2.75) is 24.5 Å². The van der Waals surface area contributed by atoms with Crippen LogP contribution in [0.4, 0.5) is 5.82 Å². The summed E-state index contributed by atoms with van der Waals surface area (Å²) in [6.45, 7) is -0.956. The Morgan fingerprint density at radius 2 is 1.59 bits per heavy atom. The monoisotopic (exact) mass is 561 g/mol. The van der Waals surface area contributed by atoms with Gasteiger partial charge in [0.25, 0.3) is 0 Å². The highest BCUT2D eigenvalue weighted by atomic mass is 31.3. The Morgan fingerprint density at radius 1 is 0.971 bits per heavy atom. The fourth-order valence-corrected chi connectivity index (χ4v) is 5.65. The van der Waals surface area contributed by atoms with Gasteiger partial charge in [-0.3, -0.25) is 9.09 Å². The Morgan fingerprint density at radius 3 is 2.18 bits per heavy atom. The summed E-state index contributed by atoms with van der Waals surface area (Å²) < 4.78 is 51.9. The molecule has 6 unspecified atom stereocenters. The van der Waals surface area contributed by atoms with Crippen LogP contribution in [0.5, 0.6) is 0 Å². The lowest BCUT2D eigenvalue weighted by atomic mass is 10.1. The number of phosphoric ester groups is 1. The lowest BCUT2D eigenvalue weighted by molar-refractivity contribution is -0.0503. The smallest absolute Gasteiger partial charge is 0.412 e. The molecule has 24 heteroatoms. The SMILES string of the molecule is Nc1ncnc2c1ncn2C1OC(COP(=O)(O)OP(=O)(O)OP(=O)(O)O)C(O)C1O.O.O.O. The third kappa shape index (κ3) is 7.51. The van der Waals surface area contributed by atoms with E-state index in [1.165, 1.54) is 10.9 Å². The Balaban J connectivity index is 0.00000363. The van der Waals surface area contributed by atoms with Gasteiger partial charge in [-0.25, -0.2) is 28.6 Å². The summed E-state index contributed by atoms with van der Waals surface area (Å²) in [4.78, 5) is 47.2. The van der Waals surface area contributed by atoms with E-state index < -0.39 is 54.6 Å². The van der Waals surface area contributed by atoms with Crippen LogP contribution in [0.2, 0.25) is 0 Å². The van der Waals surface area contributed by atoms with Crippen molar-refractivity contribution in [1.29, 1.82) is 0 Å². The van der Waals surface area contributed by atoms with Gasteiger partial charge in [-0.05, 0) is 0 Å². The van der Waals surface area contributed by atoms with E-state index in [9.17, 15) is 28.8 Å². The fourth-order valence-electron chi connectivity index (χ4n) is 2.62. The number of aliphatic hydroxyl groups excluding tert-OH is 2. The van der Waals surface area contributed by atoms with Gasteiger partial charge in [-0.2, -0.15) is 8.62 Å². The molecule has 21 nitrogen and oxygen atoms in total. The van der Waals surface area contributed by atoms with E-state index in [2.05, 4.69) is 28.1 Å². The fraction of sp³-hybridized carbons (Fsp3) is 0.500. The summed E-state index contributed by atoms with van der Waals surface area (Å²) in [6.07, 6.45) is -3.69. The second-order valence-corrected chi connectivity index (χ2v) is 10.4. The number of nitrogens with zero attached hydrogens (tertiary/aromatic N) is 4. The average Bonchev–Trinajstić information content (AvgIpc) is 3.13. The molecule has 1 saturated heterocycles. The van der Waals surface area contributed by atoms with E-state index >= 15 is 0 Å². The highest BCUT2D eigenvalue weighted by Crippen LogP contribution is 2.66. The lowest BCUT2D eigenvalue weighted by Crippen LogP contribution is -2.33. The first-order valence-electron chi connectivity index (χ1n) is 7.92. The third-order valence-corrected chi connectivity index (χ3v) is 7.62. The van der Waals surface area contributed by atoms with Crippen molar-refractivity contribution < 1.29 is 77.8 Å². The van der Waals surface area contributed by atoms with E-state index in [1.54, 1.807) is 0 Å². The molecule has 1 aliphatic rings. The van der Waals surface area contributed by atoms with Crippen molar-refractivity contribution in [2.75, 3.05) is 12.3 Å². The van der Waals surface area contributed by atoms with Crippen LogP contribution in [0.25, 0.3) is 11.2 Å². The first-order valence-corrected chi connectivity index (χ1v) is 12.4. The molecule has 0 saturated carbocycles. The highest BCUT2D eigenvalue weighted by Gasteiger charge is 2.47. The van der Waals surface area contributed by atoms with Crippen LogP contribution in [-0.2, 0) is 31.6 Å². The second kappa shape index (κ2) is 11.5. The standard InChI is InChI=1S/C10H16N5O13P3.3H2O/c11-8-5-9(13-2-12-8)15(3-14-5)10-7(17)6(16)4(26-10)1-25-30(21,22)28-31(23,24)27-29(18,19)20;;;/h2-4,6-7,10,16-17H,1H2,(H,21,22)(H,23,24)(H2,11,12,13)(H2,18,19,20);3*1H2. The molecular formula is C10H22N5O16P3. The maximum Gasteiger partial charge on any atom is 0.490 e. The molecule has 0 amide bonds. The van der Waals surface area contributed by atoms with Gasteiger partial charge in [0, 0.05) is 0 Å². The van der Waals surface area contributed by atoms with Gasteiger partial charge in [0.15, 0.2) is 17.7 Å². The summed E-state index contributed by atoms with van der Waals surface area (Å²) in [5, 5.41) is 20.4. The van der Waals surface area contributed by atoms with Crippen LogP contribution >= 0.6 is 23.5 Å². The number of hydrogen-bond acceptors (Lipinski definition) is 13. The van der Waals surface area contributed by atoms with Gasteiger partial charge in [0.1, 0.15) is 30.2 Å². The van der Waals surface area contributed by atoms with Gasteiger partial charge in [0.05, 0.1) is 12.9 Å². The Bertz CT molecular complexity index is 1110. The van der Waals surface area contributed by atoms with E-state index in [-0.39, 0.29) is 33.4 Å². The molecular weight excluding hydrogens is 539 g/mol. The molecule has 1 aliphatic heterocycles. The largest absolute Gasteiger partial charge is 0.490 e. The molecule has 2 aromatic heterocycles. The predicted molar refractivity (Wildman–Crippen MR) is 106 cm³/mol. The molecule has 0 aromatic carbocycles. The summed E-state index contributed by atoms with van der Waals surface area (Å²) in [5.74, 6) is 0.0426. The maximum atomic E-state index is 11.8. The van der Waals surface area contributed by atoms with Crippen LogP contribution in [0.3, 0.4) is 0 Å². The zero-order chi connectivity index (χ0) is 23.2. The summed E-state index contributed by atoms with van der Waals surface area (Å²) in [6, 6.07) is 0. The van der Waals surface area contributed by atoms with Crippen LogP contribution in [0.15, 0.2) is 12.7 Å². The third-order valence-electron chi connectivity index (χ3n) is 3.82. The van der Waals surface area contributed by atoms with Crippen molar-refractivity contribution in [3.63, 3.8) is 0 Å². The minimum absolute atomic E-state index is 0. The minimum Gasteiger partial charge on any atom is -0.412 e. The van der Waals surface area contributed by atoms with Crippen molar-refractivity contribution in [2.24, 2.45) is 0 Å². The molecule has 34 heavy (non-hydrogen) atoms. The van der Waals surface area contributed by atoms with E-state index in [0.717, 1.165) is 6.33 Å². The number of rotatable bonds is 8. The van der Waals surface area contributed by atoms with Gasteiger partial charge in [-0.1, -0.05) is 0 Å². The van der Waals surface area contributed by atoms with Crippen LogP contribution in [0, 0.1) is 0 Å². The molecule has 0 bridgehead atoms. The van der Waals surface area contributed by atoms with Gasteiger partial charge in [0.2, 0.25) is 0 Å². The molecule has 3 heterocycles. The molecule has 0 spiro atoms. The quantitative estimate of drug-likeness (QED) is 0.150. The molecule has 198 valence electrons. The van der Waals surface area contributed by atoms with Crippen LogP contribution < -0.4 is 5.73 Å². The van der Waals surface area contributed by atoms with E-state index in [1.807, 2.05) is 0 Å². The zero-order valence-corrected chi connectivity index (χ0v) is 19.1. The number of ether oxygens (including phenoxy) is 1. The maximum absolute atomic E-state index is 11.8. The van der Waals surface area contributed by atoms with Crippen LogP contribution in [-0.4, -0.2) is 90.7 Å². The van der Waals surface area contributed by atoms with Gasteiger partial charge < -0.3 is 56.7 Å². The van der Waals surface area contributed by atoms with E-state index in [0.29, 0.717) is 0 Å². The first-order chi connectivity index (χ1) is 14.2. The van der Waals surface area contributed by atoms with E-state index in [4.69, 9.17) is 25.2 Å². The van der Waals surface area contributed by atoms with Crippen molar-refractivity contribution in [3.8, 4) is 0 Å². The summed E-state index contributed by atoms with van der Waals surface area (Å²) >= 11 is 0. The van der Waals surface area contributed by atoms with Crippen molar-refractivity contribution in [1.82, 2.24) is 19.5 Å². The minimum atomic E-state index is -5.70. The molecule has 1 fully saturated rings. The molecule has 0 radical (unpaired) electrons. The Kier molecular flexibility index (Phi) is 11.0. The molecule has 14 N–H and O–H groups in total. The molecule has 0 aliphatic carbocycles. The number of anilines is 1. The number of nitrogens with two attached hydrogens (primary N) is 1. The second-order valence-electron chi connectivity index (χ2n) is 6.02. The van der Waals surface area contributed by atoms with Gasteiger partial charge >= 0.3 is 23.5 Å². The molecule has 6 atom stereocenters. The van der Waals surface area contributed by atoms with Crippen molar-refractivity contribution in [3.05, 3.63) is 12.7 Å². The summed E-state index contributed by atoms with van der Waals surface area (Å²) in [7, 11) is -16.7. The number of imidazole rings is 1. The number of aliphatic hydroxyl groups is 2. The number of phosphoric acid groups is 3. The zero-order valence-electron chi connectivity index (χ0n) is 16.4. The topological polar surface area (TPSA) is 374 Å². The normalized spacial score (nSPS) is 25.9. The number of aromatic nitrogens is 4. The number of hydrogen-bond donors (Lipinski definition) is 7.